The molecule has 0 fully saturated rings. The number of benzene rings is 1. The quantitative estimate of drug-likeness (QED) is 0.711. The maximum atomic E-state index is 12.4. The van der Waals surface area contributed by atoms with Crippen molar-refractivity contribution < 1.29 is 14.1 Å². The van der Waals surface area contributed by atoms with Crippen LogP contribution in [0.15, 0.2) is 53.3 Å². The topological polar surface area (TPSA) is 90.1 Å². The lowest BCUT2D eigenvalue weighted by Gasteiger charge is -2.10. The predicted molar refractivity (Wildman–Crippen MR) is 90.1 cm³/mol. The Hall–Kier alpha value is -3.22. The average molecular weight is 338 g/mol. The van der Waals surface area contributed by atoms with E-state index >= 15 is 0 Å². The highest BCUT2D eigenvalue weighted by molar-refractivity contribution is 5.96. The first-order chi connectivity index (χ1) is 12.2. The Morgan fingerprint density at radius 3 is 2.88 bits per heavy atom. The number of carbonyl (C=O) groups is 1. The Kier molecular flexibility index (Phi) is 5.36. The van der Waals surface area contributed by atoms with Crippen LogP contribution in [-0.2, 0) is 13.0 Å². The average Bonchev–Trinajstić information content (AvgIpc) is 3.06. The van der Waals surface area contributed by atoms with Gasteiger partial charge in [-0.25, -0.2) is 0 Å². The molecular weight excluding hydrogens is 320 g/mol. The fourth-order valence-corrected chi connectivity index (χ4v) is 2.28. The Morgan fingerprint density at radius 1 is 1.24 bits per heavy atom. The van der Waals surface area contributed by atoms with Crippen molar-refractivity contribution in [1.29, 1.82) is 0 Å². The van der Waals surface area contributed by atoms with Gasteiger partial charge in [0.25, 0.3) is 5.91 Å². The lowest BCUT2D eigenvalue weighted by molar-refractivity contribution is 0.0949. The molecule has 0 unspecified atom stereocenters. The van der Waals surface area contributed by atoms with Crippen molar-refractivity contribution >= 4 is 5.91 Å². The third kappa shape index (κ3) is 4.63. The normalized spacial score (nSPS) is 10.4. The summed E-state index contributed by atoms with van der Waals surface area (Å²) >= 11 is 0. The monoisotopic (exact) mass is 338 g/mol. The molecule has 1 N–H and O–H groups in total. The number of nitrogens with zero attached hydrogens (tertiary/aromatic N) is 3. The minimum atomic E-state index is -0.191. The lowest BCUT2D eigenvalue weighted by Crippen LogP contribution is -2.26. The van der Waals surface area contributed by atoms with E-state index in [1.807, 2.05) is 18.2 Å². The van der Waals surface area contributed by atoms with Crippen molar-refractivity contribution in [2.45, 2.75) is 20.0 Å². The molecule has 2 aromatic heterocycles. The zero-order valence-electron chi connectivity index (χ0n) is 13.8. The van der Waals surface area contributed by atoms with Gasteiger partial charge in [-0.3, -0.25) is 9.78 Å². The van der Waals surface area contributed by atoms with Crippen LogP contribution in [0, 0.1) is 6.92 Å². The Bertz CT molecular complexity index is 833. The number of rotatable bonds is 7. The summed E-state index contributed by atoms with van der Waals surface area (Å²) in [7, 11) is 0. The van der Waals surface area contributed by atoms with Gasteiger partial charge in [0.15, 0.2) is 6.61 Å². The molecule has 1 amide bonds. The molecule has 0 aliphatic carbocycles. The molecule has 2 heterocycles. The van der Waals surface area contributed by atoms with E-state index in [1.165, 1.54) is 0 Å². The maximum Gasteiger partial charge on any atom is 0.255 e. The summed E-state index contributed by atoms with van der Waals surface area (Å²) < 4.78 is 10.6. The van der Waals surface area contributed by atoms with Gasteiger partial charge in [0.2, 0.25) is 11.7 Å². The van der Waals surface area contributed by atoms with Crippen LogP contribution >= 0.6 is 0 Å². The maximum absolute atomic E-state index is 12.4. The second kappa shape index (κ2) is 8.05. The third-order valence-electron chi connectivity index (χ3n) is 3.48. The van der Waals surface area contributed by atoms with Crippen molar-refractivity contribution in [3.63, 3.8) is 0 Å². The van der Waals surface area contributed by atoms with Crippen LogP contribution < -0.4 is 10.1 Å². The fraction of sp³-hybridized carbons (Fsp3) is 0.222. The number of aryl methyl sites for hydroxylation is 1. The van der Waals surface area contributed by atoms with Crippen LogP contribution in [0.1, 0.15) is 27.6 Å². The van der Waals surface area contributed by atoms with Crippen LogP contribution in [-0.4, -0.2) is 27.6 Å². The number of carbonyl (C=O) groups excluding carboxylic acids is 1. The molecular formula is C18H18N4O3. The number of para-hydroxylation sites is 1. The smallest absolute Gasteiger partial charge is 0.255 e. The summed E-state index contributed by atoms with van der Waals surface area (Å²) in [4.78, 5) is 20.5. The van der Waals surface area contributed by atoms with E-state index in [1.54, 1.807) is 37.5 Å². The van der Waals surface area contributed by atoms with Gasteiger partial charge in [0.05, 0.1) is 5.56 Å². The zero-order chi connectivity index (χ0) is 17.5. The minimum Gasteiger partial charge on any atom is -0.485 e. The van der Waals surface area contributed by atoms with Crippen LogP contribution in [0.25, 0.3) is 0 Å². The highest BCUT2D eigenvalue weighted by Crippen LogP contribution is 2.19. The summed E-state index contributed by atoms with van der Waals surface area (Å²) in [5, 5.41) is 6.66. The highest BCUT2D eigenvalue weighted by atomic mass is 16.5. The molecule has 0 aliphatic rings. The molecule has 0 radical (unpaired) electrons. The molecule has 7 heteroatoms. The molecule has 0 atom stereocenters. The Labute approximate surface area is 145 Å². The number of pyridine rings is 1. The second-order valence-electron chi connectivity index (χ2n) is 5.38. The Morgan fingerprint density at radius 2 is 2.12 bits per heavy atom. The first kappa shape index (κ1) is 16.6. The van der Waals surface area contributed by atoms with Crippen molar-refractivity contribution in [2.24, 2.45) is 0 Å². The fourth-order valence-electron chi connectivity index (χ4n) is 2.28. The van der Waals surface area contributed by atoms with Crippen LogP contribution in [0.3, 0.4) is 0 Å². The Balaban J connectivity index is 1.58. The van der Waals surface area contributed by atoms with Crippen LogP contribution in [0.5, 0.6) is 5.75 Å². The number of amides is 1. The van der Waals surface area contributed by atoms with Gasteiger partial charge in [0.1, 0.15) is 5.75 Å². The molecule has 3 rings (SSSR count). The molecule has 0 bridgehead atoms. The van der Waals surface area contributed by atoms with Crippen molar-refractivity contribution in [2.75, 3.05) is 6.54 Å². The van der Waals surface area contributed by atoms with Gasteiger partial charge in [-0.2, -0.15) is 4.98 Å². The molecule has 0 aliphatic heterocycles. The van der Waals surface area contributed by atoms with E-state index < -0.39 is 0 Å². The zero-order valence-corrected chi connectivity index (χ0v) is 13.8. The van der Waals surface area contributed by atoms with Gasteiger partial charge >= 0.3 is 0 Å². The standard InChI is InChI=1S/C18H18N4O3/c1-13-21-17(22-25-13)12-24-16-7-3-2-6-15(16)18(23)20-10-8-14-5-4-9-19-11-14/h2-7,9,11H,8,10,12H2,1H3,(H,20,23). The lowest BCUT2D eigenvalue weighted by atomic mass is 10.1. The summed E-state index contributed by atoms with van der Waals surface area (Å²) in [6.45, 7) is 2.36. The molecule has 7 nitrogen and oxygen atoms in total. The van der Waals surface area contributed by atoms with Crippen molar-refractivity contribution in [1.82, 2.24) is 20.4 Å². The van der Waals surface area contributed by atoms with E-state index in [9.17, 15) is 4.79 Å². The number of hydrogen-bond acceptors (Lipinski definition) is 6. The summed E-state index contributed by atoms with van der Waals surface area (Å²) in [5.41, 5.74) is 1.54. The highest BCUT2D eigenvalue weighted by Gasteiger charge is 2.13. The van der Waals surface area contributed by atoms with E-state index in [0.29, 0.717) is 36.0 Å². The minimum absolute atomic E-state index is 0.136. The number of hydrogen-bond donors (Lipinski definition) is 1. The SMILES string of the molecule is Cc1nc(COc2ccccc2C(=O)NCCc2cccnc2)no1. The largest absolute Gasteiger partial charge is 0.485 e. The number of ether oxygens (including phenoxy) is 1. The van der Waals surface area contributed by atoms with Crippen molar-refractivity contribution in [3.8, 4) is 5.75 Å². The van der Waals surface area contributed by atoms with Crippen LogP contribution in [0.4, 0.5) is 0 Å². The number of aromatic nitrogens is 3. The van der Waals surface area contributed by atoms with Gasteiger partial charge in [-0.1, -0.05) is 23.4 Å². The van der Waals surface area contributed by atoms with E-state index in [0.717, 1.165) is 5.56 Å². The second-order valence-corrected chi connectivity index (χ2v) is 5.38. The van der Waals surface area contributed by atoms with E-state index in [2.05, 4.69) is 20.4 Å². The van der Waals surface area contributed by atoms with Crippen LogP contribution in [0.2, 0.25) is 0 Å². The van der Waals surface area contributed by atoms with E-state index in [-0.39, 0.29) is 12.5 Å². The molecule has 3 aromatic rings. The van der Waals surface area contributed by atoms with Gasteiger partial charge in [0, 0.05) is 25.9 Å². The summed E-state index contributed by atoms with van der Waals surface area (Å²) in [6, 6.07) is 10.9. The van der Waals surface area contributed by atoms with Gasteiger partial charge in [-0.05, 0) is 30.2 Å². The molecule has 128 valence electrons. The van der Waals surface area contributed by atoms with Gasteiger partial charge < -0.3 is 14.6 Å². The van der Waals surface area contributed by atoms with E-state index in [4.69, 9.17) is 9.26 Å². The molecule has 0 saturated heterocycles. The predicted octanol–water partition coefficient (Wildman–Crippen LogP) is 2.32. The third-order valence-corrected chi connectivity index (χ3v) is 3.48. The number of nitrogens with one attached hydrogen (secondary N) is 1. The summed E-state index contributed by atoms with van der Waals surface area (Å²) in [6.07, 6.45) is 4.22. The van der Waals surface area contributed by atoms with Gasteiger partial charge in [-0.15, -0.1) is 0 Å². The molecule has 0 spiro atoms. The first-order valence-electron chi connectivity index (χ1n) is 7.90. The molecule has 25 heavy (non-hydrogen) atoms. The molecule has 0 saturated carbocycles. The summed E-state index contributed by atoms with van der Waals surface area (Å²) in [5.74, 6) is 1.19. The van der Waals surface area contributed by atoms with Crippen molar-refractivity contribution in [3.05, 3.63) is 71.6 Å². The molecule has 1 aromatic carbocycles. The first-order valence-corrected chi connectivity index (χ1v) is 7.90.